The molecular formula is C11H14N2O5. The van der Waals surface area contributed by atoms with Gasteiger partial charge in [-0.25, -0.2) is 0 Å². The van der Waals surface area contributed by atoms with E-state index in [0.29, 0.717) is 31.8 Å². The third-order valence-corrected chi connectivity index (χ3v) is 3.28. The molecule has 18 heavy (non-hydrogen) atoms. The molecule has 1 aromatic heterocycles. The summed E-state index contributed by atoms with van der Waals surface area (Å²) in [6.07, 6.45) is 0.575. The van der Waals surface area contributed by atoms with Crippen molar-refractivity contribution in [2.45, 2.75) is 19.9 Å². The number of nitro groups is 1. The van der Waals surface area contributed by atoms with E-state index >= 15 is 0 Å². The Kier molecular flexibility index (Phi) is 3.08. The zero-order valence-corrected chi connectivity index (χ0v) is 9.96. The van der Waals surface area contributed by atoms with Crippen LogP contribution in [0.15, 0.2) is 16.5 Å². The smallest absolute Gasteiger partial charge is 0.433 e. The fourth-order valence-corrected chi connectivity index (χ4v) is 2.14. The van der Waals surface area contributed by atoms with E-state index in [1.54, 1.807) is 13.0 Å². The molecule has 1 aromatic rings. The minimum absolute atomic E-state index is 0.287. The van der Waals surface area contributed by atoms with E-state index in [4.69, 9.17) is 9.52 Å². The van der Waals surface area contributed by atoms with Crippen LogP contribution in [-0.4, -0.2) is 34.0 Å². The summed E-state index contributed by atoms with van der Waals surface area (Å²) in [5.41, 5.74) is -0.738. The molecule has 1 aliphatic rings. The SMILES string of the molecule is CC1(C(=O)O)CCN(Cc2ccc([N+](=O)[O-])o2)C1. The number of nitrogens with zero attached hydrogens (tertiary/aromatic N) is 2. The Morgan fingerprint density at radius 2 is 2.39 bits per heavy atom. The van der Waals surface area contributed by atoms with Crippen LogP contribution in [-0.2, 0) is 11.3 Å². The van der Waals surface area contributed by atoms with Gasteiger partial charge in [0.2, 0.25) is 0 Å². The Labute approximate surface area is 103 Å². The molecule has 0 radical (unpaired) electrons. The van der Waals surface area contributed by atoms with Gasteiger partial charge in [0, 0.05) is 6.54 Å². The van der Waals surface area contributed by atoms with Crippen molar-refractivity contribution < 1.29 is 19.2 Å². The Balaban J connectivity index is 1.99. The highest BCUT2D eigenvalue weighted by Gasteiger charge is 2.40. The van der Waals surface area contributed by atoms with Gasteiger partial charge < -0.3 is 9.52 Å². The number of carboxylic acid groups (broad SMARTS) is 1. The number of hydrogen-bond donors (Lipinski definition) is 1. The van der Waals surface area contributed by atoms with E-state index in [1.165, 1.54) is 6.07 Å². The Morgan fingerprint density at radius 1 is 1.67 bits per heavy atom. The minimum atomic E-state index is -0.810. The van der Waals surface area contributed by atoms with E-state index < -0.39 is 16.3 Å². The zero-order chi connectivity index (χ0) is 13.3. The van der Waals surface area contributed by atoms with Gasteiger partial charge in [0.1, 0.15) is 10.7 Å². The van der Waals surface area contributed by atoms with Crippen molar-refractivity contribution in [1.29, 1.82) is 0 Å². The average Bonchev–Trinajstić information content (AvgIpc) is 2.87. The molecule has 0 saturated carbocycles. The predicted molar refractivity (Wildman–Crippen MR) is 61.0 cm³/mol. The van der Waals surface area contributed by atoms with Gasteiger partial charge in [-0.2, -0.15) is 0 Å². The number of aliphatic carboxylic acids is 1. The topological polar surface area (TPSA) is 96.8 Å². The quantitative estimate of drug-likeness (QED) is 0.645. The molecule has 98 valence electrons. The van der Waals surface area contributed by atoms with E-state index in [1.807, 2.05) is 4.90 Å². The average molecular weight is 254 g/mol. The molecule has 2 heterocycles. The second-order valence-corrected chi connectivity index (χ2v) is 4.82. The maximum atomic E-state index is 11.1. The molecule has 7 nitrogen and oxygen atoms in total. The predicted octanol–water partition coefficient (Wildman–Crippen LogP) is 1.48. The molecular weight excluding hydrogens is 240 g/mol. The van der Waals surface area contributed by atoms with Crippen molar-refractivity contribution >= 4 is 11.9 Å². The van der Waals surface area contributed by atoms with Gasteiger partial charge in [-0.15, -0.1) is 0 Å². The fourth-order valence-electron chi connectivity index (χ4n) is 2.14. The van der Waals surface area contributed by atoms with Crippen molar-refractivity contribution in [2.24, 2.45) is 5.41 Å². The van der Waals surface area contributed by atoms with Crippen molar-refractivity contribution in [3.63, 3.8) is 0 Å². The second kappa shape index (κ2) is 4.41. The molecule has 0 aliphatic carbocycles. The molecule has 1 saturated heterocycles. The lowest BCUT2D eigenvalue weighted by Crippen LogP contribution is -2.31. The molecule has 7 heteroatoms. The first-order valence-corrected chi connectivity index (χ1v) is 5.59. The zero-order valence-electron chi connectivity index (χ0n) is 9.96. The van der Waals surface area contributed by atoms with Crippen LogP contribution < -0.4 is 0 Å². The summed E-state index contributed by atoms with van der Waals surface area (Å²) in [5.74, 6) is -0.614. The van der Waals surface area contributed by atoms with Crippen LogP contribution in [0.5, 0.6) is 0 Å². The van der Waals surface area contributed by atoms with Gasteiger partial charge in [-0.1, -0.05) is 0 Å². The first-order valence-electron chi connectivity index (χ1n) is 5.59. The van der Waals surface area contributed by atoms with Crippen molar-refractivity contribution in [3.8, 4) is 0 Å². The lowest BCUT2D eigenvalue weighted by molar-refractivity contribution is -0.402. The van der Waals surface area contributed by atoms with Crippen molar-refractivity contribution in [1.82, 2.24) is 4.90 Å². The second-order valence-electron chi connectivity index (χ2n) is 4.82. The van der Waals surface area contributed by atoms with Gasteiger partial charge in [-0.3, -0.25) is 19.8 Å². The fraction of sp³-hybridized carbons (Fsp3) is 0.545. The van der Waals surface area contributed by atoms with E-state index in [0.717, 1.165) is 0 Å². The van der Waals surface area contributed by atoms with Crippen LogP contribution in [0.3, 0.4) is 0 Å². The third-order valence-electron chi connectivity index (χ3n) is 3.28. The number of furan rings is 1. The van der Waals surface area contributed by atoms with Gasteiger partial charge in [0.05, 0.1) is 18.0 Å². The molecule has 2 rings (SSSR count). The monoisotopic (exact) mass is 254 g/mol. The standard InChI is InChI=1S/C11H14N2O5/c1-11(10(14)15)4-5-12(7-11)6-8-2-3-9(18-8)13(16)17/h2-3H,4-7H2,1H3,(H,14,15). The summed E-state index contributed by atoms with van der Waals surface area (Å²) in [4.78, 5) is 22.9. The highest BCUT2D eigenvalue weighted by Crippen LogP contribution is 2.31. The molecule has 1 unspecified atom stereocenters. The molecule has 1 aliphatic heterocycles. The summed E-state index contributed by atoms with van der Waals surface area (Å²) >= 11 is 0. The van der Waals surface area contributed by atoms with Crippen LogP contribution in [0.2, 0.25) is 0 Å². The summed E-state index contributed by atoms with van der Waals surface area (Å²) in [6.45, 7) is 3.19. The largest absolute Gasteiger partial charge is 0.481 e. The minimum Gasteiger partial charge on any atom is -0.481 e. The van der Waals surface area contributed by atoms with Gasteiger partial charge in [0.25, 0.3) is 0 Å². The number of hydrogen-bond acceptors (Lipinski definition) is 5. The van der Waals surface area contributed by atoms with Crippen LogP contribution in [0.4, 0.5) is 5.88 Å². The van der Waals surface area contributed by atoms with E-state index in [-0.39, 0.29) is 5.88 Å². The summed E-state index contributed by atoms with van der Waals surface area (Å²) < 4.78 is 5.05. The Morgan fingerprint density at radius 3 is 2.89 bits per heavy atom. The number of rotatable bonds is 4. The van der Waals surface area contributed by atoms with Gasteiger partial charge in [-0.05, 0) is 26.0 Å². The lowest BCUT2D eigenvalue weighted by Gasteiger charge is -2.19. The number of likely N-dealkylation sites (tertiary alicyclic amines) is 1. The maximum Gasteiger partial charge on any atom is 0.433 e. The first-order chi connectivity index (χ1) is 8.40. The first kappa shape index (κ1) is 12.6. The third kappa shape index (κ3) is 2.35. The molecule has 0 aromatic carbocycles. The molecule has 0 spiro atoms. The molecule has 1 fully saturated rings. The number of carboxylic acids is 1. The van der Waals surface area contributed by atoms with Crippen LogP contribution in [0.1, 0.15) is 19.1 Å². The van der Waals surface area contributed by atoms with E-state index in [9.17, 15) is 14.9 Å². The molecule has 0 bridgehead atoms. The van der Waals surface area contributed by atoms with E-state index in [2.05, 4.69) is 0 Å². The summed E-state index contributed by atoms with van der Waals surface area (Å²) in [6, 6.07) is 2.86. The maximum absolute atomic E-state index is 11.1. The molecule has 0 amide bonds. The highest BCUT2D eigenvalue weighted by molar-refractivity contribution is 5.74. The van der Waals surface area contributed by atoms with Crippen molar-refractivity contribution in [2.75, 3.05) is 13.1 Å². The van der Waals surface area contributed by atoms with Crippen LogP contribution >= 0.6 is 0 Å². The highest BCUT2D eigenvalue weighted by atomic mass is 16.6. The van der Waals surface area contributed by atoms with Crippen LogP contribution in [0.25, 0.3) is 0 Å². The Bertz CT molecular complexity index is 484. The van der Waals surface area contributed by atoms with Gasteiger partial charge >= 0.3 is 11.9 Å². The summed E-state index contributed by atoms with van der Waals surface area (Å²) in [5, 5.41) is 19.6. The summed E-state index contributed by atoms with van der Waals surface area (Å²) in [7, 11) is 0. The Hall–Kier alpha value is -1.89. The number of carbonyl (C=O) groups is 1. The molecule has 1 atom stereocenters. The van der Waals surface area contributed by atoms with Crippen molar-refractivity contribution in [3.05, 3.63) is 28.0 Å². The van der Waals surface area contributed by atoms with Gasteiger partial charge in [0.15, 0.2) is 0 Å². The molecule has 1 N–H and O–H groups in total. The lowest BCUT2D eigenvalue weighted by atomic mass is 9.90. The normalized spacial score (nSPS) is 24.3. The van der Waals surface area contributed by atoms with Crippen LogP contribution in [0, 0.1) is 15.5 Å².